The second kappa shape index (κ2) is 9.43. The standard InChI is InChI=1S/C25H25N3O3/c1-18-17-21(15-16-28(18)25(29)30)31-23-14-8-13-22(26-23)27-24(19-9-4-2-5-10-19)20-11-6-3-7-12-20/h2-14,18,21H,15-17H2,1H3,(H,29,30)/t18-,21-/m0/s1. The van der Waals surface area contributed by atoms with Crippen LogP contribution in [-0.4, -0.2) is 45.5 Å². The maximum absolute atomic E-state index is 11.3. The summed E-state index contributed by atoms with van der Waals surface area (Å²) < 4.78 is 6.09. The Hall–Kier alpha value is -3.67. The number of ether oxygens (including phenoxy) is 1. The summed E-state index contributed by atoms with van der Waals surface area (Å²) in [4.78, 5) is 22.2. The first-order chi connectivity index (χ1) is 15.1. The number of nitrogens with zero attached hydrogens (tertiary/aromatic N) is 3. The fourth-order valence-corrected chi connectivity index (χ4v) is 3.83. The van der Waals surface area contributed by atoms with Gasteiger partial charge in [-0.05, 0) is 13.0 Å². The van der Waals surface area contributed by atoms with Crippen molar-refractivity contribution in [1.82, 2.24) is 9.88 Å². The number of aliphatic imine (C=N–C) groups is 1. The molecule has 2 atom stereocenters. The third-order valence-corrected chi connectivity index (χ3v) is 5.39. The normalized spacial score (nSPS) is 18.3. The van der Waals surface area contributed by atoms with Crippen LogP contribution in [0.3, 0.4) is 0 Å². The number of pyridine rings is 1. The molecular weight excluding hydrogens is 390 g/mol. The Morgan fingerprint density at radius 2 is 1.65 bits per heavy atom. The second-order valence-electron chi connectivity index (χ2n) is 7.62. The van der Waals surface area contributed by atoms with Gasteiger partial charge in [-0.3, -0.25) is 0 Å². The van der Waals surface area contributed by atoms with Gasteiger partial charge in [0.05, 0.1) is 5.71 Å². The molecule has 0 bridgehead atoms. The molecule has 3 aromatic rings. The van der Waals surface area contributed by atoms with Crippen molar-refractivity contribution >= 4 is 17.6 Å². The Kier molecular flexibility index (Phi) is 6.26. The summed E-state index contributed by atoms with van der Waals surface area (Å²) in [5, 5.41) is 9.25. The van der Waals surface area contributed by atoms with Crippen LogP contribution < -0.4 is 4.74 Å². The van der Waals surface area contributed by atoms with E-state index in [0.29, 0.717) is 31.1 Å². The lowest BCUT2D eigenvalue weighted by Gasteiger charge is -2.35. The second-order valence-corrected chi connectivity index (χ2v) is 7.62. The number of benzene rings is 2. The van der Waals surface area contributed by atoms with E-state index >= 15 is 0 Å². The Balaban J connectivity index is 1.57. The van der Waals surface area contributed by atoms with E-state index in [-0.39, 0.29) is 12.1 Å². The topological polar surface area (TPSA) is 75.0 Å². The van der Waals surface area contributed by atoms with Crippen LogP contribution in [0.4, 0.5) is 10.6 Å². The first kappa shape index (κ1) is 20.6. The minimum absolute atomic E-state index is 0.0694. The van der Waals surface area contributed by atoms with E-state index in [1.54, 1.807) is 0 Å². The van der Waals surface area contributed by atoms with Crippen molar-refractivity contribution in [1.29, 1.82) is 0 Å². The first-order valence-electron chi connectivity index (χ1n) is 10.4. The molecule has 1 aromatic heterocycles. The molecule has 1 fully saturated rings. The van der Waals surface area contributed by atoms with E-state index in [0.717, 1.165) is 16.8 Å². The molecule has 158 valence electrons. The first-order valence-corrected chi connectivity index (χ1v) is 10.4. The number of carbonyl (C=O) groups is 1. The van der Waals surface area contributed by atoms with E-state index in [1.807, 2.05) is 85.8 Å². The summed E-state index contributed by atoms with van der Waals surface area (Å²) in [5.41, 5.74) is 2.86. The van der Waals surface area contributed by atoms with E-state index in [9.17, 15) is 9.90 Å². The summed E-state index contributed by atoms with van der Waals surface area (Å²) in [7, 11) is 0. The molecule has 0 aliphatic carbocycles. The maximum Gasteiger partial charge on any atom is 0.407 e. The monoisotopic (exact) mass is 415 g/mol. The van der Waals surface area contributed by atoms with E-state index in [2.05, 4.69) is 4.98 Å². The van der Waals surface area contributed by atoms with Crippen molar-refractivity contribution < 1.29 is 14.6 Å². The lowest BCUT2D eigenvalue weighted by atomic mass is 10.0. The Labute approximate surface area is 181 Å². The number of aromatic nitrogens is 1. The molecule has 0 radical (unpaired) electrons. The molecule has 2 heterocycles. The van der Waals surface area contributed by atoms with Crippen LogP contribution in [0.5, 0.6) is 5.88 Å². The van der Waals surface area contributed by atoms with Crippen LogP contribution in [0.15, 0.2) is 83.9 Å². The molecule has 1 amide bonds. The molecule has 6 heteroatoms. The predicted molar refractivity (Wildman–Crippen MR) is 120 cm³/mol. The molecular formula is C25H25N3O3. The molecule has 2 aromatic carbocycles. The number of piperidine rings is 1. The SMILES string of the molecule is C[C@H]1C[C@@H](Oc2cccc(N=C(c3ccccc3)c3ccccc3)n2)CCN1C(=O)O. The highest BCUT2D eigenvalue weighted by Gasteiger charge is 2.29. The number of amides is 1. The van der Waals surface area contributed by atoms with Gasteiger partial charge in [0.1, 0.15) is 6.10 Å². The van der Waals surface area contributed by atoms with Gasteiger partial charge in [-0.25, -0.2) is 9.79 Å². The number of carboxylic acid groups (broad SMARTS) is 1. The number of likely N-dealkylation sites (tertiary alicyclic amines) is 1. The molecule has 1 aliphatic rings. The predicted octanol–water partition coefficient (Wildman–Crippen LogP) is 5.16. The van der Waals surface area contributed by atoms with Crippen LogP contribution >= 0.6 is 0 Å². The third-order valence-electron chi connectivity index (χ3n) is 5.39. The lowest BCUT2D eigenvalue weighted by molar-refractivity contribution is 0.0585. The lowest BCUT2D eigenvalue weighted by Crippen LogP contribution is -2.46. The van der Waals surface area contributed by atoms with Crippen molar-refractivity contribution in [2.24, 2.45) is 4.99 Å². The number of hydrogen-bond acceptors (Lipinski definition) is 4. The molecule has 31 heavy (non-hydrogen) atoms. The van der Waals surface area contributed by atoms with Gasteiger partial charge in [-0.1, -0.05) is 66.7 Å². The van der Waals surface area contributed by atoms with Gasteiger partial charge in [0.2, 0.25) is 5.88 Å². The van der Waals surface area contributed by atoms with Gasteiger partial charge in [-0.2, -0.15) is 4.98 Å². The molecule has 0 unspecified atom stereocenters. The van der Waals surface area contributed by atoms with Crippen LogP contribution in [-0.2, 0) is 0 Å². The van der Waals surface area contributed by atoms with Gasteiger partial charge in [-0.15, -0.1) is 0 Å². The molecule has 1 N–H and O–H groups in total. The fraction of sp³-hybridized carbons (Fsp3) is 0.240. The maximum atomic E-state index is 11.3. The van der Waals surface area contributed by atoms with Gasteiger partial charge in [0.15, 0.2) is 5.82 Å². The molecule has 6 nitrogen and oxygen atoms in total. The van der Waals surface area contributed by atoms with Gasteiger partial charge >= 0.3 is 6.09 Å². The number of hydrogen-bond donors (Lipinski definition) is 1. The van der Waals surface area contributed by atoms with Gasteiger partial charge < -0.3 is 14.7 Å². The van der Waals surface area contributed by atoms with Crippen LogP contribution in [0.25, 0.3) is 0 Å². The van der Waals surface area contributed by atoms with Gasteiger partial charge in [0, 0.05) is 42.6 Å². The average Bonchev–Trinajstić information content (AvgIpc) is 2.79. The summed E-state index contributed by atoms with van der Waals surface area (Å²) in [5.74, 6) is 1.07. The van der Waals surface area contributed by atoms with Crippen LogP contribution in [0, 0.1) is 0 Å². The minimum atomic E-state index is -0.880. The summed E-state index contributed by atoms with van der Waals surface area (Å²) >= 11 is 0. The fourth-order valence-electron chi connectivity index (χ4n) is 3.83. The quantitative estimate of drug-likeness (QED) is 0.584. The van der Waals surface area contributed by atoms with Crippen LogP contribution in [0.2, 0.25) is 0 Å². The smallest absolute Gasteiger partial charge is 0.407 e. The van der Waals surface area contributed by atoms with E-state index < -0.39 is 6.09 Å². The van der Waals surface area contributed by atoms with Crippen molar-refractivity contribution in [3.05, 3.63) is 90.0 Å². The summed E-state index contributed by atoms with van der Waals surface area (Å²) in [6.45, 7) is 2.37. The van der Waals surface area contributed by atoms with Crippen LogP contribution in [0.1, 0.15) is 30.9 Å². The Morgan fingerprint density at radius 1 is 1.00 bits per heavy atom. The van der Waals surface area contributed by atoms with Gasteiger partial charge in [0.25, 0.3) is 0 Å². The summed E-state index contributed by atoms with van der Waals surface area (Å²) in [6.07, 6.45) is 0.334. The van der Waals surface area contributed by atoms with E-state index in [4.69, 9.17) is 9.73 Å². The molecule has 1 saturated heterocycles. The third kappa shape index (κ3) is 5.09. The van der Waals surface area contributed by atoms with E-state index in [1.165, 1.54) is 4.90 Å². The minimum Gasteiger partial charge on any atom is -0.474 e. The zero-order chi connectivity index (χ0) is 21.6. The van der Waals surface area contributed by atoms with Crippen molar-refractivity contribution in [2.75, 3.05) is 6.54 Å². The number of rotatable bonds is 5. The zero-order valence-electron chi connectivity index (χ0n) is 17.4. The highest BCUT2D eigenvalue weighted by Crippen LogP contribution is 2.24. The van der Waals surface area contributed by atoms with Crippen molar-refractivity contribution in [3.63, 3.8) is 0 Å². The highest BCUT2D eigenvalue weighted by molar-refractivity contribution is 6.13. The highest BCUT2D eigenvalue weighted by atomic mass is 16.5. The zero-order valence-corrected chi connectivity index (χ0v) is 17.4. The summed E-state index contributed by atoms with van der Waals surface area (Å²) in [6, 6.07) is 25.5. The molecule has 0 spiro atoms. The van der Waals surface area contributed by atoms with Crippen molar-refractivity contribution in [3.8, 4) is 5.88 Å². The van der Waals surface area contributed by atoms with Crippen molar-refractivity contribution in [2.45, 2.75) is 31.9 Å². The molecule has 4 rings (SSSR count). The Morgan fingerprint density at radius 3 is 2.23 bits per heavy atom. The molecule has 0 saturated carbocycles. The Bertz CT molecular complexity index is 1010. The average molecular weight is 415 g/mol. The molecule has 1 aliphatic heterocycles. The largest absolute Gasteiger partial charge is 0.474 e.